The summed E-state index contributed by atoms with van der Waals surface area (Å²) in [6.07, 6.45) is 6.46. The van der Waals surface area contributed by atoms with Crippen molar-refractivity contribution in [2.45, 2.75) is 39.4 Å². The first-order valence-corrected chi connectivity index (χ1v) is 12.7. The number of pyridine rings is 2. The van der Waals surface area contributed by atoms with E-state index in [1.165, 1.54) is 22.5 Å². The number of hydrogen-bond acceptors (Lipinski definition) is 6. The highest BCUT2D eigenvalue weighted by Crippen LogP contribution is 2.32. The summed E-state index contributed by atoms with van der Waals surface area (Å²) >= 11 is 0. The van der Waals surface area contributed by atoms with E-state index in [0.717, 1.165) is 49.5 Å². The molecule has 0 unspecified atom stereocenters. The molecule has 2 aliphatic heterocycles. The van der Waals surface area contributed by atoms with Crippen LogP contribution in [0.15, 0.2) is 61.2 Å². The number of piperazine rings is 1. The number of nitrogens with zero attached hydrogens (tertiary/aromatic N) is 7. The van der Waals surface area contributed by atoms with Crippen LogP contribution < -0.4 is 9.80 Å². The lowest BCUT2D eigenvalue weighted by molar-refractivity contribution is -0.134. The number of aryl methyl sites for hydroxylation is 1. The molecule has 0 radical (unpaired) electrons. The molecule has 6 rings (SSSR count). The minimum absolute atomic E-state index is 0.111. The molecule has 0 bridgehead atoms. The number of aromatic nitrogens is 4. The predicted octanol–water partition coefficient (Wildman–Crippen LogP) is 3.43. The third kappa shape index (κ3) is 4.17. The molecule has 1 aromatic carbocycles. The van der Waals surface area contributed by atoms with Gasteiger partial charge in [-0.15, -0.1) is 0 Å². The Hall–Kier alpha value is -3.94. The molecule has 8 heteroatoms. The fraction of sp³-hybridized carbons (Fsp3) is 0.357. The maximum Gasteiger partial charge on any atom is 0.242 e. The average Bonchev–Trinajstić information content (AvgIpc) is 3.31. The fourth-order valence-corrected chi connectivity index (χ4v) is 5.52. The van der Waals surface area contributed by atoms with Crippen LogP contribution in [0.4, 0.5) is 11.4 Å². The van der Waals surface area contributed by atoms with Crippen molar-refractivity contribution in [3.05, 3.63) is 78.0 Å². The van der Waals surface area contributed by atoms with Crippen LogP contribution in [0, 0.1) is 6.92 Å². The zero-order chi connectivity index (χ0) is 24.6. The molecule has 1 fully saturated rings. The van der Waals surface area contributed by atoms with Gasteiger partial charge >= 0.3 is 0 Å². The lowest BCUT2D eigenvalue weighted by Crippen LogP contribution is -2.55. The van der Waals surface area contributed by atoms with Crippen molar-refractivity contribution in [2.24, 2.45) is 0 Å². The first-order valence-electron chi connectivity index (χ1n) is 12.7. The topological polar surface area (TPSA) is 70.4 Å². The number of rotatable bonds is 4. The Morgan fingerprint density at radius 1 is 1.00 bits per heavy atom. The Bertz CT molecular complexity index is 1400. The molecule has 8 nitrogen and oxygen atoms in total. The van der Waals surface area contributed by atoms with E-state index in [1.54, 1.807) is 12.5 Å². The smallest absolute Gasteiger partial charge is 0.242 e. The maximum atomic E-state index is 13.2. The van der Waals surface area contributed by atoms with Gasteiger partial charge in [-0.1, -0.05) is 12.1 Å². The van der Waals surface area contributed by atoms with Crippen LogP contribution in [0.1, 0.15) is 23.7 Å². The van der Waals surface area contributed by atoms with Gasteiger partial charge in [-0.05, 0) is 61.7 Å². The summed E-state index contributed by atoms with van der Waals surface area (Å²) in [5.41, 5.74) is 7.89. The zero-order valence-electron chi connectivity index (χ0n) is 20.8. The summed E-state index contributed by atoms with van der Waals surface area (Å²) < 4.78 is 1.85. The first kappa shape index (κ1) is 22.5. The third-order valence-electron chi connectivity index (χ3n) is 7.48. The van der Waals surface area contributed by atoms with Gasteiger partial charge in [-0.25, -0.2) is 9.97 Å². The molecule has 184 valence electrons. The van der Waals surface area contributed by atoms with E-state index in [1.807, 2.05) is 34.7 Å². The molecule has 1 amide bonds. The summed E-state index contributed by atoms with van der Waals surface area (Å²) in [6, 6.07) is 14.8. The SMILES string of the molecule is Cc1ccc(N2CCc3cccc(N4CCN(C(=O)Cn5cnc6cccnc65)[C@H](C)C4)c3C2)cn1. The molecule has 3 aromatic heterocycles. The summed E-state index contributed by atoms with van der Waals surface area (Å²) in [5.74, 6) is 0.111. The van der Waals surface area contributed by atoms with Gasteiger partial charge in [0.15, 0.2) is 5.65 Å². The zero-order valence-corrected chi connectivity index (χ0v) is 20.8. The van der Waals surface area contributed by atoms with Crippen LogP contribution in [0.3, 0.4) is 0 Å². The summed E-state index contributed by atoms with van der Waals surface area (Å²) in [6.45, 7) is 8.65. The highest BCUT2D eigenvalue weighted by Gasteiger charge is 2.30. The number of benzene rings is 1. The summed E-state index contributed by atoms with van der Waals surface area (Å²) in [7, 11) is 0. The van der Waals surface area contributed by atoms with Gasteiger partial charge < -0.3 is 19.3 Å². The fourth-order valence-electron chi connectivity index (χ4n) is 5.52. The second-order valence-corrected chi connectivity index (χ2v) is 9.84. The largest absolute Gasteiger partial charge is 0.367 e. The Kier molecular flexibility index (Phi) is 5.79. The second-order valence-electron chi connectivity index (χ2n) is 9.84. The number of carbonyl (C=O) groups is 1. The van der Waals surface area contributed by atoms with E-state index in [-0.39, 0.29) is 18.5 Å². The highest BCUT2D eigenvalue weighted by molar-refractivity contribution is 5.79. The standard InChI is InChI=1S/C28H31N7O/c1-20-8-9-23(15-30-20)32-12-10-22-5-3-7-26(24(22)17-32)33-13-14-35(21(2)16-33)27(36)18-34-19-31-25-6-4-11-29-28(25)34/h3-9,11,15,19,21H,10,12-14,16-18H2,1-2H3/t21-/m1/s1. The molecule has 0 spiro atoms. The van der Waals surface area contributed by atoms with Crippen molar-refractivity contribution < 1.29 is 4.79 Å². The number of carbonyl (C=O) groups excluding carboxylic acids is 1. The van der Waals surface area contributed by atoms with Gasteiger partial charge in [0.05, 0.1) is 18.2 Å². The Morgan fingerprint density at radius 3 is 2.75 bits per heavy atom. The van der Waals surface area contributed by atoms with Crippen LogP contribution in [0.5, 0.6) is 0 Å². The average molecular weight is 482 g/mol. The van der Waals surface area contributed by atoms with Crippen molar-refractivity contribution in [1.29, 1.82) is 0 Å². The van der Waals surface area contributed by atoms with Crippen LogP contribution in [-0.4, -0.2) is 62.5 Å². The molecule has 1 saturated heterocycles. The second kappa shape index (κ2) is 9.26. The maximum absolute atomic E-state index is 13.2. The van der Waals surface area contributed by atoms with E-state index < -0.39 is 0 Å². The van der Waals surface area contributed by atoms with Crippen molar-refractivity contribution in [1.82, 2.24) is 24.4 Å². The highest BCUT2D eigenvalue weighted by atomic mass is 16.2. The predicted molar refractivity (Wildman–Crippen MR) is 141 cm³/mol. The number of imidazole rings is 1. The molecule has 5 heterocycles. The van der Waals surface area contributed by atoms with E-state index in [2.05, 4.69) is 62.0 Å². The van der Waals surface area contributed by atoms with Gasteiger partial charge in [0.1, 0.15) is 12.1 Å². The van der Waals surface area contributed by atoms with Gasteiger partial charge in [-0.2, -0.15) is 0 Å². The summed E-state index contributed by atoms with van der Waals surface area (Å²) in [5, 5.41) is 0. The monoisotopic (exact) mass is 481 g/mol. The Labute approximate surface area is 211 Å². The van der Waals surface area contributed by atoms with Crippen LogP contribution >= 0.6 is 0 Å². The molecular weight excluding hydrogens is 450 g/mol. The van der Waals surface area contributed by atoms with Gasteiger partial charge in [0.25, 0.3) is 0 Å². The molecule has 4 aromatic rings. The summed E-state index contributed by atoms with van der Waals surface area (Å²) in [4.78, 5) is 33.4. The minimum atomic E-state index is 0.111. The molecule has 1 atom stereocenters. The lowest BCUT2D eigenvalue weighted by Gasteiger charge is -2.43. The van der Waals surface area contributed by atoms with Crippen molar-refractivity contribution in [2.75, 3.05) is 36.0 Å². The number of anilines is 2. The molecular formula is C28H31N7O. The first-order chi connectivity index (χ1) is 17.6. The Morgan fingerprint density at radius 2 is 1.92 bits per heavy atom. The van der Waals surface area contributed by atoms with E-state index in [9.17, 15) is 4.79 Å². The molecule has 0 N–H and O–H groups in total. The van der Waals surface area contributed by atoms with Crippen molar-refractivity contribution in [3.63, 3.8) is 0 Å². The van der Waals surface area contributed by atoms with E-state index in [0.29, 0.717) is 6.54 Å². The molecule has 2 aliphatic rings. The normalized spacial score (nSPS) is 17.9. The van der Waals surface area contributed by atoms with Crippen LogP contribution in [0.25, 0.3) is 11.2 Å². The van der Waals surface area contributed by atoms with Crippen LogP contribution in [0.2, 0.25) is 0 Å². The van der Waals surface area contributed by atoms with Crippen molar-refractivity contribution in [3.8, 4) is 0 Å². The molecule has 36 heavy (non-hydrogen) atoms. The van der Waals surface area contributed by atoms with Gasteiger partial charge in [-0.3, -0.25) is 9.78 Å². The quantitative estimate of drug-likeness (QED) is 0.445. The number of hydrogen-bond donors (Lipinski definition) is 0. The van der Waals surface area contributed by atoms with Crippen LogP contribution in [-0.2, 0) is 24.3 Å². The third-order valence-corrected chi connectivity index (χ3v) is 7.48. The molecule has 0 saturated carbocycles. The molecule has 0 aliphatic carbocycles. The number of amides is 1. The van der Waals surface area contributed by atoms with Gasteiger partial charge in [0, 0.05) is 56.3 Å². The van der Waals surface area contributed by atoms with Crippen molar-refractivity contribution >= 4 is 28.4 Å². The minimum Gasteiger partial charge on any atom is -0.367 e. The van der Waals surface area contributed by atoms with E-state index >= 15 is 0 Å². The lowest BCUT2D eigenvalue weighted by atomic mass is 9.96. The van der Waals surface area contributed by atoms with E-state index in [4.69, 9.17) is 0 Å². The number of fused-ring (bicyclic) bond motifs is 2. The van der Waals surface area contributed by atoms with Gasteiger partial charge in [0.2, 0.25) is 5.91 Å². The Balaban J connectivity index is 1.17.